The van der Waals surface area contributed by atoms with E-state index in [2.05, 4.69) is 4.98 Å². The first-order valence-electron chi connectivity index (χ1n) is 5.96. The Hall–Kier alpha value is -1.68. The average Bonchev–Trinajstić information content (AvgIpc) is 2.67. The van der Waals surface area contributed by atoms with Crippen LogP contribution in [0.5, 0.6) is 0 Å². The van der Waals surface area contributed by atoms with E-state index in [1.165, 1.54) is 6.07 Å². The Morgan fingerprint density at radius 2 is 2.06 bits per heavy atom. The maximum Gasteiger partial charge on any atom is 0.126 e. The van der Waals surface area contributed by atoms with Gasteiger partial charge in [0.15, 0.2) is 0 Å². The number of halogens is 1. The highest BCUT2D eigenvalue weighted by Gasteiger charge is 2.23. The van der Waals surface area contributed by atoms with Crippen molar-refractivity contribution in [3.8, 4) is 0 Å². The van der Waals surface area contributed by atoms with Crippen LogP contribution in [0.2, 0.25) is 0 Å². The van der Waals surface area contributed by atoms with Crippen LogP contribution in [-0.2, 0) is 19.9 Å². The highest BCUT2D eigenvalue weighted by Crippen LogP contribution is 2.17. The molecule has 0 saturated heterocycles. The van der Waals surface area contributed by atoms with Crippen LogP contribution in [0.4, 0.5) is 4.39 Å². The molecule has 1 atom stereocenters. The fourth-order valence-corrected chi connectivity index (χ4v) is 2.07. The lowest BCUT2D eigenvalue weighted by molar-refractivity contribution is 0.436. The number of hydrogen-bond acceptors (Lipinski definition) is 2. The number of aryl methyl sites for hydroxylation is 1. The summed E-state index contributed by atoms with van der Waals surface area (Å²) >= 11 is 0. The Morgan fingerprint density at radius 3 is 2.67 bits per heavy atom. The first-order valence-corrected chi connectivity index (χ1v) is 5.96. The second-order valence-electron chi connectivity index (χ2n) is 5.05. The molecule has 4 heteroatoms. The quantitative estimate of drug-likeness (QED) is 0.898. The van der Waals surface area contributed by atoms with E-state index in [0.29, 0.717) is 18.4 Å². The van der Waals surface area contributed by atoms with Gasteiger partial charge in [0.1, 0.15) is 11.6 Å². The number of hydrogen-bond donors (Lipinski definition) is 1. The van der Waals surface area contributed by atoms with Crippen LogP contribution in [0.1, 0.15) is 18.3 Å². The molecule has 3 nitrogen and oxygen atoms in total. The monoisotopic (exact) mass is 247 g/mol. The van der Waals surface area contributed by atoms with Gasteiger partial charge in [-0.15, -0.1) is 0 Å². The highest BCUT2D eigenvalue weighted by molar-refractivity contribution is 5.20. The normalized spacial score (nSPS) is 14.4. The lowest BCUT2D eigenvalue weighted by Crippen LogP contribution is -2.41. The predicted molar refractivity (Wildman–Crippen MR) is 69.6 cm³/mol. The van der Waals surface area contributed by atoms with Crippen molar-refractivity contribution in [1.82, 2.24) is 9.55 Å². The van der Waals surface area contributed by atoms with Gasteiger partial charge in [0.25, 0.3) is 0 Å². The van der Waals surface area contributed by atoms with Gasteiger partial charge in [-0.3, -0.25) is 0 Å². The van der Waals surface area contributed by atoms with Gasteiger partial charge in [0, 0.05) is 31.4 Å². The molecule has 0 saturated carbocycles. The van der Waals surface area contributed by atoms with Crippen molar-refractivity contribution in [2.75, 3.05) is 0 Å². The Bertz CT molecular complexity index is 531. The maximum atomic E-state index is 13.6. The van der Waals surface area contributed by atoms with Crippen LogP contribution in [0.15, 0.2) is 36.7 Å². The van der Waals surface area contributed by atoms with E-state index >= 15 is 0 Å². The van der Waals surface area contributed by atoms with Crippen molar-refractivity contribution >= 4 is 0 Å². The minimum Gasteiger partial charge on any atom is -0.338 e. The zero-order chi connectivity index (χ0) is 13.2. The van der Waals surface area contributed by atoms with E-state index in [9.17, 15) is 4.39 Å². The molecule has 0 bridgehead atoms. The van der Waals surface area contributed by atoms with E-state index in [0.717, 1.165) is 5.82 Å². The number of imidazole rings is 1. The molecule has 2 rings (SSSR count). The first-order chi connectivity index (χ1) is 8.48. The van der Waals surface area contributed by atoms with Crippen LogP contribution in [0, 0.1) is 5.82 Å². The van der Waals surface area contributed by atoms with Gasteiger partial charge in [-0.25, -0.2) is 9.37 Å². The molecule has 2 N–H and O–H groups in total. The molecule has 0 aliphatic heterocycles. The lowest BCUT2D eigenvalue weighted by Gasteiger charge is -2.24. The third-order valence-electron chi connectivity index (χ3n) is 3.04. The van der Waals surface area contributed by atoms with Crippen molar-refractivity contribution in [2.24, 2.45) is 12.8 Å². The molecule has 18 heavy (non-hydrogen) atoms. The molecule has 0 aliphatic rings. The molecule has 1 unspecified atom stereocenters. The van der Waals surface area contributed by atoms with Gasteiger partial charge in [-0.05, 0) is 25.0 Å². The van der Waals surface area contributed by atoms with Gasteiger partial charge in [0.05, 0.1) is 0 Å². The van der Waals surface area contributed by atoms with E-state index in [-0.39, 0.29) is 5.82 Å². The van der Waals surface area contributed by atoms with Crippen LogP contribution < -0.4 is 5.73 Å². The highest BCUT2D eigenvalue weighted by atomic mass is 19.1. The van der Waals surface area contributed by atoms with Crippen LogP contribution in [0.25, 0.3) is 0 Å². The Balaban J connectivity index is 2.13. The maximum absolute atomic E-state index is 13.6. The molecule has 0 amide bonds. The van der Waals surface area contributed by atoms with Gasteiger partial charge in [0.2, 0.25) is 0 Å². The molecule has 0 aliphatic carbocycles. The molecule has 0 fully saturated rings. The smallest absolute Gasteiger partial charge is 0.126 e. The number of aromatic nitrogens is 2. The van der Waals surface area contributed by atoms with E-state index in [1.807, 2.05) is 30.8 Å². The number of rotatable bonds is 4. The molecule has 0 spiro atoms. The van der Waals surface area contributed by atoms with E-state index in [1.54, 1.807) is 18.3 Å². The van der Waals surface area contributed by atoms with Crippen molar-refractivity contribution in [3.05, 3.63) is 53.9 Å². The fraction of sp³-hybridized carbons (Fsp3) is 0.357. The molecule has 1 aromatic heterocycles. The molecular weight excluding hydrogens is 229 g/mol. The second-order valence-corrected chi connectivity index (χ2v) is 5.05. The zero-order valence-electron chi connectivity index (χ0n) is 10.7. The third kappa shape index (κ3) is 2.96. The van der Waals surface area contributed by atoms with Crippen molar-refractivity contribution in [1.29, 1.82) is 0 Å². The Morgan fingerprint density at radius 1 is 1.33 bits per heavy atom. The van der Waals surface area contributed by atoms with Crippen LogP contribution in [-0.4, -0.2) is 15.1 Å². The summed E-state index contributed by atoms with van der Waals surface area (Å²) < 4.78 is 15.5. The summed E-state index contributed by atoms with van der Waals surface area (Å²) in [6.07, 6.45) is 4.74. The summed E-state index contributed by atoms with van der Waals surface area (Å²) in [5, 5.41) is 0. The minimum atomic E-state index is -0.513. The van der Waals surface area contributed by atoms with Gasteiger partial charge in [-0.2, -0.15) is 0 Å². The van der Waals surface area contributed by atoms with E-state index < -0.39 is 5.54 Å². The predicted octanol–water partition coefficient (Wildman–Crippen LogP) is 2.06. The lowest BCUT2D eigenvalue weighted by atomic mass is 9.90. The van der Waals surface area contributed by atoms with Gasteiger partial charge < -0.3 is 10.3 Å². The number of nitrogens with two attached hydrogens (primary N) is 1. The topological polar surface area (TPSA) is 43.8 Å². The molecule has 0 radical (unpaired) electrons. The SMILES string of the molecule is Cn1ccnc1CC(C)(N)Cc1ccccc1F. The Kier molecular flexibility index (Phi) is 3.48. The van der Waals surface area contributed by atoms with E-state index in [4.69, 9.17) is 5.73 Å². The molecular formula is C14H18FN3. The molecule has 1 aromatic carbocycles. The van der Waals surface area contributed by atoms with Crippen LogP contribution >= 0.6 is 0 Å². The van der Waals surface area contributed by atoms with Crippen LogP contribution in [0.3, 0.4) is 0 Å². The second kappa shape index (κ2) is 4.90. The number of benzene rings is 1. The molecule has 96 valence electrons. The molecule has 1 heterocycles. The summed E-state index contributed by atoms with van der Waals surface area (Å²) in [5.74, 6) is 0.713. The van der Waals surface area contributed by atoms with Gasteiger partial charge in [-0.1, -0.05) is 18.2 Å². The molecule has 2 aromatic rings. The summed E-state index contributed by atoms with van der Waals surface area (Å²) in [6.45, 7) is 1.92. The van der Waals surface area contributed by atoms with Gasteiger partial charge >= 0.3 is 0 Å². The number of nitrogens with zero attached hydrogens (tertiary/aromatic N) is 2. The average molecular weight is 247 g/mol. The largest absolute Gasteiger partial charge is 0.338 e. The zero-order valence-corrected chi connectivity index (χ0v) is 10.7. The third-order valence-corrected chi connectivity index (χ3v) is 3.04. The first kappa shape index (κ1) is 12.8. The summed E-state index contributed by atoms with van der Waals surface area (Å²) in [5.41, 5.74) is 6.39. The van der Waals surface area contributed by atoms with Crippen molar-refractivity contribution in [2.45, 2.75) is 25.3 Å². The Labute approximate surface area is 106 Å². The fourth-order valence-electron chi connectivity index (χ4n) is 2.07. The minimum absolute atomic E-state index is 0.200. The summed E-state index contributed by atoms with van der Waals surface area (Å²) in [7, 11) is 1.93. The van der Waals surface area contributed by atoms with Crippen molar-refractivity contribution < 1.29 is 4.39 Å². The summed E-state index contributed by atoms with van der Waals surface area (Å²) in [4.78, 5) is 4.25. The summed E-state index contributed by atoms with van der Waals surface area (Å²) in [6, 6.07) is 6.76. The van der Waals surface area contributed by atoms with Crippen molar-refractivity contribution in [3.63, 3.8) is 0 Å². The standard InChI is InChI=1S/C14H18FN3/c1-14(16,10-13-17-7-8-18(13)2)9-11-5-3-4-6-12(11)15/h3-8H,9-10,16H2,1-2H3.